The molecule has 0 aromatic carbocycles. The van der Waals surface area contributed by atoms with Crippen LogP contribution in [0, 0.1) is 11.7 Å². The molecular weight excluding hydrogens is 368 g/mol. The molecule has 0 bridgehead atoms. The summed E-state index contributed by atoms with van der Waals surface area (Å²) in [5.41, 5.74) is -0.529. The molecule has 1 aliphatic heterocycles. The summed E-state index contributed by atoms with van der Waals surface area (Å²) in [5.74, 6) is 0. The fraction of sp³-hybridized carbons (Fsp3) is 0.778. The monoisotopic (exact) mass is 398 g/mol. The van der Waals surface area contributed by atoms with E-state index in [1.54, 1.807) is 17.7 Å². The lowest BCUT2D eigenvalue weighted by Gasteiger charge is -2.40. The van der Waals surface area contributed by atoms with Gasteiger partial charge in [0, 0.05) is 18.2 Å². The molecule has 3 rings (SSSR count). The smallest absolute Gasteiger partial charge is 0.254 e. The normalized spacial score (nSPS) is 32.0. The molecule has 2 fully saturated rings. The molecule has 2 heterocycles. The van der Waals surface area contributed by atoms with Crippen LogP contribution in [0.15, 0.2) is 11.0 Å². The molecular formula is C18H30N2O4SSi. The van der Waals surface area contributed by atoms with Gasteiger partial charge in [-0.2, -0.15) is 0 Å². The lowest BCUT2D eigenvalue weighted by atomic mass is 9.97. The van der Waals surface area contributed by atoms with Crippen molar-refractivity contribution in [2.75, 3.05) is 0 Å². The van der Waals surface area contributed by atoms with Gasteiger partial charge in [-0.05, 0) is 50.1 Å². The molecule has 2 N–H and O–H groups in total. The van der Waals surface area contributed by atoms with Crippen molar-refractivity contribution in [2.24, 2.45) is 0 Å². The lowest BCUT2D eigenvalue weighted by molar-refractivity contribution is -0.0814. The number of aromatic amines is 1. The molecule has 26 heavy (non-hydrogen) atoms. The Balaban J connectivity index is 1.84. The van der Waals surface area contributed by atoms with E-state index in [-0.39, 0.29) is 29.0 Å². The van der Waals surface area contributed by atoms with Gasteiger partial charge in [0.1, 0.15) is 12.3 Å². The molecule has 1 saturated heterocycles. The van der Waals surface area contributed by atoms with Crippen molar-refractivity contribution >= 4 is 20.5 Å². The predicted octanol–water partition coefficient (Wildman–Crippen LogP) is 3.42. The number of hydrogen-bond acceptors (Lipinski definition) is 5. The Morgan fingerprint density at radius 2 is 2.12 bits per heavy atom. The molecule has 8 heteroatoms. The molecule has 2 aliphatic rings. The lowest BCUT2D eigenvalue weighted by Crippen LogP contribution is -2.48. The second-order valence-corrected chi connectivity index (χ2v) is 14.4. The molecule has 0 radical (unpaired) electrons. The average Bonchev–Trinajstić information content (AvgIpc) is 2.97. The Morgan fingerprint density at radius 1 is 1.46 bits per heavy atom. The first kappa shape index (κ1) is 19.9. The molecule has 1 aliphatic carbocycles. The van der Waals surface area contributed by atoms with Crippen LogP contribution < -0.4 is 5.56 Å². The summed E-state index contributed by atoms with van der Waals surface area (Å²) in [6.07, 6.45) is 2.76. The molecule has 0 amide bonds. The number of rotatable bonds is 3. The maximum Gasteiger partial charge on any atom is 0.254 e. The first-order valence-electron chi connectivity index (χ1n) is 9.22. The van der Waals surface area contributed by atoms with Crippen molar-refractivity contribution in [3.8, 4) is 0 Å². The zero-order valence-corrected chi connectivity index (χ0v) is 18.3. The van der Waals surface area contributed by atoms with Crippen molar-refractivity contribution < 1.29 is 14.3 Å². The van der Waals surface area contributed by atoms with Gasteiger partial charge in [-0.1, -0.05) is 20.8 Å². The van der Waals surface area contributed by atoms with Gasteiger partial charge in [0.05, 0.1) is 11.7 Å². The van der Waals surface area contributed by atoms with Crippen LogP contribution in [0.25, 0.3) is 0 Å². The van der Waals surface area contributed by atoms with E-state index >= 15 is 0 Å². The number of fused-ring (bicyclic) bond motifs is 1. The second kappa shape index (κ2) is 6.37. The molecule has 0 spiro atoms. The number of H-pyrrole nitrogens is 1. The topological polar surface area (TPSA) is 76.5 Å². The Kier molecular flexibility index (Phi) is 4.89. The predicted molar refractivity (Wildman–Crippen MR) is 105 cm³/mol. The Hall–Kier alpha value is -0.803. The van der Waals surface area contributed by atoms with E-state index < -0.39 is 13.9 Å². The van der Waals surface area contributed by atoms with E-state index in [4.69, 9.17) is 21.4 Å². The van der Waals surface area contributed by atoms with Gasteiger partial charge >= 0.3 is 0 Å². The summed E-state index contributed by atoms with van der Waals surface area (Å²) in [6.45, 7) is 12.8. The fourth-order valence-corrected chi connectivity index (χ4v) is 5.24. The third-order valence-electron chi connectivity index (χ3n) is 6.27. The SMILES string of the molecule is Cc1cn(C2C[C@@]3(O)CC[C@@H](O[Si](C)(C)C(C)(C)C)[C@H]3O2)c(=S)[nH]c1=O. The van der Waals surface area contributed by atoms with Crippen LogP contribution in [0.2, 0.25) is 18.1 Å². The molecule has 1 saturated carbocycles. The Bertz CT molecular complexity index is 813. The summed E-state index contributed by atoms with van der Waals surface area (Å²) in [7, 11) is -1.96. The zero-order chi connectivity index (χ0) is 19.5. The van der Waals surface area contributed by atoms with E-state index in [9.17, 15) is 9.90 Å². The minimum absolute atomic E-state index is 0.101. The number of aromatic nitrogens is 2. The van der Waals surface area contributed by atoms with Crippen molar-refractivity contribution in [1.82, 2.24) is 9.55 Å². The summed E-state index contributed by atoms with van der Waals surface area (Å²) in [6, 6.07) is 0. The van der Waals surface area contributed by atoms with Crippen LogP contribution in [0.4, 0.5) is 0 Å². The van der Waals surface area contributed by atoms with Gasteiger partial charge in [0.2, 0.25) is 0 Å². The van der Waals surface area contributed by atoms with E-state index in [0.29, 0.717) is 23.2 Å². The second-order valence-electron chi connectivity index (χ2n) is 9.25. The van der Waals surface area contributed by atoms with Crippen LogP contribution in [-0.4, -0.2) is 40.8 Å². The number of nitrogens with one attached hydrogen (secondary N) is 1. The van der Waals surface area contributed by atoms with E-state index in [1.807, 2.05) is 0 Å². The Morgan fingerprint density at radius 3 is 2.73 bits per heavy atom. The minimum Gasteiger partial charge on any atom is -0.411 e. The van der Waals surface area contributed by atoms with E-state index in [2.05, 4.69) is 38.8 Å². The highest BCUT2D eigenvalue weighted by Gasteiger charge is 2.57. The van der Waals surface area contributed by atoms with Crippen LogP contribution in [0.3, 0.4) is 0 Å². The van der Waals surface area contributed by atoms with Crippen molar-refractivity contribution in [2.45, 2.75) is 89.1 Å². The van der Waals surface area contributed by atoms with Gasteiger partial charge in [0.25, 0.3) is 5.56 Å². The molecule has 1 unspecified atom stereocenters. The molecule has 146 valence electrons. The van der Waals surface area contributed by atoms with Crippen molar-refractivity contribution in [3.63, 3.8) is 0 Å². The van der Waals surface area contributed by atoms with Crippen molar-refractivity contribution in [3.05, 3.63) is 26.9 Å². The third-order valence-corrected chi connectivity index (χ3v) is 11.1. The van der Waals surface area contributed by atoms with Gasteiger partial charge in [0.15, 0.2) is 13.1 Å². The highest BCUT2D eigenvalue weighted by Crippen LogP contribution is 2.49. The van der Waals surface area contributed by atoms with Gasteiger partial charge in [-0.15, -0.1) is 0 Å². The number of hydrogen-bond donors (Lipinski definition) is 2. The van der Waals surface area contributed by atoms with Crippen molar-refractivity contribution in [1.29, 1.82) is 0 Å². The summed E-state index contributed by atoms with van der Waals surface area (Å²) < 4.78 is 14.9. The summed E-state index contributed by atoms with van der Waals surface area (Å²) >= 11 is 5.29. The number of aryl methyl sites for hydroxylation is 1. The first-order valence-corrected chi connectivity index (χ1v) is 12.5. The highest BCUT2D eigenvalue weighted by molar-refractivity contribution is 7.71. The summed E-state index contributed by atoms with van der Waals surface area (Å²) in [5, 5.41) is 11.2. The molecule has 4 atom stereocenters. The third kappa shape index (κ3) is 3.37. The highest BCUT2D eigenvalue weighted by atomic mass is 32.1. The first-order chi connectivity index (χ1) is 11.8. The number of aliphatic hydroxyl groups is 1. The standard InChI is InChI=1S/C18H30N2O4SSi/c1-11-10-20(16(25)19-15(11)21)13-9-18(22)8-7-12(14(18)23-13)24-26(5,6)17(2,3)4/h10,12-14,22H,7-9H2,1-6H3,(H,19,21,25)/t12-,13?,14-,18+/m1/s1. The van der Waals surface area contributed by atoms with Gasteiger partial charge in [-0.3, -0.25) is 14.3 Å². The van der Waals surface area contributed by atoms with E-state index in [0.717, 1.165) is 6.42 Å². The van der Waals surface area contributed by atoms with E-state index in [1.165, 1.54) is 0 Å². The van der Waals surface area contributed by atoms with Crippen LogP contribution in [0.5, 0.6) is 0 Å². The Labute approximate surface area is 160 Å². The van der Waals surface area contributed by atoms with Crippen LogP contribution in [0.1, 0.15) is 51.8 Å². The largest absolute Gasteiger partial charge is 0.411 e. The average molecular weight is 399 g/mol. The molecule has 1 aromatic rings. The summed E-state index contributed by atoms with van der Waals surface area (Å²) in [4.78, 5) is 14.4. The maximum absolute atomic E-state index is 11.7. The zero-order valence-electron chi connectivity index (χ0n) is 16.5. The molecule has 6 nitrogen and oxygen atoms in total. The maximum atomic E-state index is 11.7. The van der Waals surface area contributed by atoms with Crippen LogP contribution >= 0.6 is 12.2 Å². The molecule has 1 aromatic heterocycles. The number of ether oxygens (including phenoxy) is 1. The van der Waals surface area contributed by atoms with Gasteiger partial charge in [-0.25, -0.2) is 0 Å². The fourth-order valence-electron chi connectivity index (χ4n) is 3.62. The van der Waals surface area contributed by atoms with Gasteiger partial charge < -0.3 is 14.3 Å². The van der Waals surface area contributed by atoms with Crippen LogP contribution in [-0.2, 0) is 9.16 Å². The quantitative estimate of drug-likeness (QED) is 0.603. The minimum atomic E-state index is -1.96. The number of nitrogens with zero attached hydrogens (tertiary/aromatic N) is 1.